The van der Waals surface area contributed by atoms with Gasteiger partial charge in [-0.2, -0.15) is 0 Å². The Morgan fingerprint density at radius 2 is 2.18 bits per heavy atom. The first kappa shape index (κ1) is 13.8. The van der Waals surface area contributed by atoms with Gasteiger partial charge in [0.05, 0.1) is 11.6 Å². The quantitative estimate of drug-likeness (QED) is 0.846. The molecule has 0 spiro atoms. The molecule has 1 rings (SSSR count). The molecule has 1 N–H and O–H groups in total. The van der Waals surface area contributed by atoms with E-state index in [4.69, 9.17) is 16.3 Å². The van der Waals surface area contributed by atoms with Gasteiger partial charge in [0, 0.05) is 12.7 Å². The summed E-state index contributed by atoms with van der Waals surface area (Å²) in [7, 11) is 0. The normalized spacial score (nSPS) is 11.1. The summed E-state index contributed by atoms with van der Waals surface area (Å²) in [5, 5.41) is 2.66. The number of nitrogens with one attached hydrogen (secondary N) is 1. The van der Waals surface area contributed by atoms with E-state index in [0.717, 1.165) is 11.3 Å². The van der Waals surface area contributed by atoms with Crippen LogP contribution in [0.5, 0.6) is 0 Å². The van der Waals surface area contributed by atoms with Gasteiger partial charge in [-0.3, -0.25) is 4.98 Å². The molecule has 94 valence electrons. The molecule has 0 aromatic carbocycles. The summed E-state index contributed by atoms with van der Waals surface area (Å²) in [6.45, 7) is 5.86. The molecule has 0 aliphatic heterocycles. The standard InChI is InChI=1S/C12H17ClN2O2/c1-12(2,3)17-11(16)15-8-9-4-5-10(6-13)14-7-9/h4-5,7H,6,8H2,1-3H3,(H,15,16). The fourth-order valence-corrected chi connectivity index (χ4v) is 1.29. The van der Waals surface area contributed by atoms with Gasteiger partial charge >= 0.3 is 6.09 Å². The minimum atomic E-state index is -0.481. The number of hydrogen-bond donors (Lipinski definition) is 1. The maximum absolute atomic E-state index is 11.4. The summed E-state index contributed by atoms with van der Waals surface area (Å²) in [5.41, 5.74) is 1.24. The van der Waals surface area contributed by atoms with Gasteiger partial charge in [0.15, 0.2) is 0 Å². The van der Waals surface area contributed by atoms with Crippen molar-refractivity contribution in [3.05, 3.63) is 29.6 Å². The van der Waals surface area contributed by atoms with Crippen molar-refractivity contribution in [2.75, 3.05) is 0 Å². The summed E-state index contributed by atoms with van der Waals surface area (Å²) in [5.74, 6) is 0.389. The minimum Gasteiger partial charge on any atom is -0.444 e. The number of rotatable bonds is 3. The third kappa shape index (κ3) is 5.54. The number of aromatic nitrogens is 1. The van der Waals surface area contributed by atoms with E-state index in [0.29, 0.717) is 12.4 Å². The molecule has 1 aromatic heterocycles. The van der Waals surface area contributed by atoms with Crippen molar-refractivity contribution >= 4 is 17.7 Å². The first-order valence-electron chi connectivity index (χ1n) is 5.37. The van der Waals surface area contributed by atoms with Crippen LogP contribution >= 0.6 is 11.6 Å². The van der Waals surface area contributed by atoms with Gasteiger partial charge in [0.25, 0.3) is 0 Å². The number of carbonyl (C=O) groups excluding carboxylic acids is 1. The second-order valence-corrected chi connectivity index (χ2v) is 4.91. The largest absolute Gasteiger partial charge is 0.444 e. The summed E-state index contributed by atoms with van der Waals surface area (Å²) in [6, 6.07) is 3.71. The van der Waals surface area contributed by atoms with Crippen LogP contribution in [-0.4, -0.2) is 16.7 Å². The van der Waals surface area contributed by atoms with Gasteiger partial charge in [-0.25, -0.2) is 4.79 Å². The van der Waals surface area contributed by atoms with E-state index in [-0.39, 0.29) is 0 Å². The second kappa shape index (κ2) is 5.87. The minimum absolute atomic E-state index is 0.389. The van der Waals surface area contributed by atoms with Crippen molar-refractivity contribution in [2.45, 2.75) is 38.8 Å². The van der Waals surface area contributed by atoms with Crippen LogP contribution in [0.2, 0.25) is 0 Å². The van der Waals surface area contributed by atoms with E-state index in [1.54, 1.807) is 6.20 Å². The molecule has 1 aromatic rings. The van der Waals surface area contributed by atoms with Gasteiger partial charge in [-0.1, -0.05) is 6.07 Å². The average molecular weight is 257 g/mol. The van der Waals surface area contributed by atoms with E-state index in [1.807, 2.05) is 32.9 Å². The number of ether oxygens (including phenoxy) is 1. The van der Waals surface area contributed by atoms with Crippen LogP contribution in [0.15, 0.2) is 18.3 Å². The average Bonchev–Trinajstić information content (AvgIpc) is 2.25. The summed E-state index contributed by atoms with van der Waals surface area (Å²) < 4.78 is 5.11. The van der Waals surface area contributed by atoms with Crippen molar-refractivity contribution in [3.63, 3.8) is 0 Å². The molecule has 1 heterocycles. The number of nitrogens with zero attached hydrogens (tertiary/aromatic N) is 1. The highest BCUT2D eigenvalue weighted by Crippen LogP contribution is 2.07. The maximum atomic E-state index is 11.4. The molecule has 0 radical (unpaired) electrons. The van der Waals surface area contributed by atoms with E-state index >= 15 is 0 Å². The molecular formula is C12H17ClN2O2. The molecule has 0 aliphatic rings. The number of alkyl halides is 1. The van der Waals surface area contributed by atoms with Gasteiger partial charge in [0.1, 0.15) is 5.60 Å². The molecule has 0 fully saturated rings. The molecule has 0 atom stereocenters. The zero-order valence-corrected chi connectivity index (χ0v) is 11.0. The summed E-state index contributed by atoms with van der Waals surface area (Å²) in [4.78, 5) is 15.5. The first-order valence-corrected chi connectivity index (χ1v) is 5.91. The molecule has 17 heavy (non-hydrogen) atoms. The lowest BCUT2D eigenvalue weighted by molar-refractivity contribution is 0.0523. The van der Waals surface area contributed by atoms with Crippen LogP contribution in [-0.2, 0) is 17.2 Å². The van der Waals surface area contributed by atoms with Crippen LogP contribution < -0.4 is 5.32 Å². The third-order valence-corrected chi connectivity index (χ3v) is 2.13. The van der Waals surface area contributed by atoms with Crippen molar-refractivity contribution in [2.24, 2.45) is 0 Å². The Kier molecular flexibility index (Phi) is 4.75. The molecule has 0 saturated carbocycles. The topological polar surface area (TPSA) is 51.2 Å². The lowest BCUT2D eigenvalue weighted by Gasteiger charge is -2.19. The predicted octanol–water partition coefficient (Wildman–Crippen LogP) is 2.85. The molecule has 0 saturated heterocycles. The zero-order valence-electron chi connectivity index (χ0n) is 10.3. The van der Waals surface area contributed by atoms with Crippen molar-refractivity contribution in [1.29, 1.82) is 0 Å². The number of alkyl carbamates (subject to hydrolysis) is 1. The van der Waals surface area contributed by atoms with E-state index in [1.165, 1.54) is 0 Å². The fraction of sp³-hybridized carbons (Fsp3) is 0.500. The Balaban J connectivity index is 2.42. The Labute approximate surface area is 106 Å². The Morgan fingerprint density at radius 1 is 1.47 bits per heavy atom. The fourth-order valence-electron chi connectivity index (χ4n) is 1.13. The number of halogens is 1. The maximum Gasteiger partial charge on any atom is 0.407 e. The molecule has 5 heteroatoms. The Bertz CT molecular complexity index is 371. The van der Waals surface area contributed by atoms with Crippen molar-refractivity contribution in [1.82, 2.24) is 10.3 Å². The SMILES string of the molecule is CC(C)(C)OC(=O)NCc1ccc(CCl)nc1. The van der Waals surface area contributed by atoms with Crippen molar-refractivity contribution in [3.8, 4) is 0 Å². The monoisotopic (exact) mass is 256 g/mol. The highest BCUT2D eigenvalue weighted by Gasteiger charge is 2.15. The van der Waals surface area contributed by atoms with Crippen LogP contribution in [0, 0.1) is 0 Å². The molecule has 4 nitrogen and oxygen atoms in total. The van der Waals surface area contributed by atoms with Crippen LogP contribution in [0.4, 0.5) is 4.79 Å². The van der Waals surface area contributed by atoms with E-state index in [2.05, 4.69) is 10.3 Å². The van der Waals surface area contributed by atoms with Crippen LogP contribution in [0.1, 0.15) is 32.0 Å². The molecule has 1 amide bonds. The number of hydrogen-bond acceptors (Lipinski definition) is 3. The summed E-state index contributed by atoms with van der Waals surface area (Å²) in [6.07, 6.45) is 1.26. The highest BCUT2D eigenvalue weighted by atomic mass is 35.5. The third-order valence-electron chi connectivity index (χ3n) is 1.86. The van der Waals surface area contributed by atoms with Gasteiger partial charge in [-0.05, 0) is 32.4 Å². The van der Waals surface area contributed by atoms with Gasteiger partial charge in [-0.15, -0.1) is 11.6 Å². The van der Waals surface area contributed by atoms with Crippen LogP contribution in [0.25, 0.3) is 0 Å². The molecule has 0 aliphatic carbocycles. The molecule has 0 bridgehead atoms. The smallest absolute Gasteiger partial charge is 0.407 e. The second-order valence-electron chi connectivity index (χ2n) is 4.65. The number of pyridine rings is 1. The summed E-state index contributed by atoms with van der Waals surface area (Å²) >= 11 is 5.63. The lowest BCUT2D eigenvalue weighted by Crippen LogP contribution is -2.32. The Morgan fingerprint density at radius 3 is 2.65 bits per heavy atom. The number of carbonyl (C=O) groups is 1. The zero-order chi connectivity index (χ0) is 12.9. The molecular weight excluding hydrogens is 240 g/mol. The lowest BCUT2D eigenvalue weighted by atomic mass is 10.2. The van der Waals surface area contributed by atoms with E-state index in [9.17, 15) is 4.79 Å². The van der Waals surface area contributed by atoms with Crippen molar-refractivity contribution < 1.29 is 9.53 Å². The highest BCUT2D eigenvalue weighted by molar-refractivity contribution is 6.16. The predicted molar refractivity (Wildman–Crippen MR) is 66.9 cm³/mol. The van der Waals surface area contributed by atoms with Crippen LogP contribution in [0.3, 0.4) is 0 Å². The Hall–Kier alpha value is -1.29. The van der Waals surface area contributed by atoms with Gasteiger partial charge in [0.2, 0.25) is 0 Å². The molecule has 0 unspecified atom stereocenters. The first-order chi connectivity index (χ1) is 7.90. The number of amides is 1. The van der Waals surface area contributed by atoms with E-state index < -0.39 is 11.7 Å². The van der Waals surface area contributed by atoms with Gasteiger partial charge < -0.3 is 10.1 Å².